The van der Waals surface area contributed by atoms with E-state index >= 15 is 0 Å². The van der Waals surface area contributed by atoms with Gasteiger partial charge in [0.1, 0.15) is 6.07 Å². The molecular weight excluding hydrogens is 248 g/mol. The Balaban J connectivity index is 1.79. The number of aromatic nitrogens is 3. The van der Waals surface area contributed by atoms with E-state index in [2.05, 4.69) is 10.3 Å². The SMILES string of the molecule is N#Cc1nnn(C23CC4CC(CC(C4)C2)C3)c1Cl. The lowest BCUT2D eigenvalue weighted by molar-refractivity contribution is -0.0500. The lowest BCUT2D eigenvalue weighted by atomic mass is 9.53. The second-order valence-corrected chi connectivity index (χ2v) is 6.75. The fourth-order valence-corrected chi connectivity index (χ4v) is 5.26. The average molecular weight is 263 g/mol. The molecule has 5 heteroatoms. The van der Waals surface area contributed by atoms with Crippen molar-refractivity contribution in [2.75, 3.05) is 0 Å². The monoisotopic (exact) mass is 262 g/mol. The molecule has 4 bridgehead atoms. The highest BCUT2D eigenvalue weighted by atomic mass is 35.5. The Kier molecular flexibility index (Phi) is 2.09. The highest BCUT2D eigenvalue weighted by Crippen LogP contribution is 2.59. The van der Waals surface area contributed by atoms with Crippen LogP contribution in [-0.2, 0) is 5.54 Å². The topological polar surface area (TPSA) is 54.5 Å². The molecule has 94 valence electrons. The summed E-state index contributed by atoms with van der Waals surface area (Å²) >= 11 is 6.28. The second kappa shape index (κ2) is 3.48. The first-order chi connectivity index (χ1) is 8.70. The maximum absolute atomic E-state index is 8.96. The van der Waals surface area contributed by atoms with Crippen molar-refractivity contribution in [3.05, 3.63) is 10.8 Å². The van der Waals surface area contributed by atoms with Crippen LogP contribution in [0.3, 0.4) is 0 Å². The first-order valence-electron chi connectivity index (χ1n) is 6.72. The summed E-state index contributed by atoms with van der Waals surface area (Å²) in [5, 5.41) is 17.5. The van der Waals surface area contributed by atoms with Crippen LogP contribution in [0.2, 0.25) is 5.15 Å². The Morgan fingerprint density at radius 2 is 1.72 bits per heavy atom. The summed E-state index contributed by atoms with van der Waals surface area (Å²) in [7, 11) is 0. The van der Waals surface area contributed by atoms with E-state index in [0.29, 0.717) is 5.15 Å². The van der Waals surface area contributed by atoms with E-state index < -0.39 is 0 Å². The van der Waals surface area contributed by atoms with Crippen molar-refractivity contribution < 1.29 is 0 Å². The van der Waals surface area contributed by atoms with Gasteiger partial charge in [-0.3, -0.25) is 0 Å². The molecular formula is C13H15ClN4. The molecule has 4 saturated carbocycles. The molecule has 0 amide bonds. The predicted octanol–water partition coefficient (Wildman–Crippen LogP) is 2.73. The quantitative estimate of drug-likeness (QED) is 0.782. The molecule has 0 spiro atoms. The molecule has 0 radical (unpaired) electrons. The highest BCUT2D eigenvalue weighted by Gasteiger charge is 2.53. The van der Waals surface area contributed by atoms with Crippen LogP contribution in [0.1, 0.15) is 44.2 Å². The molecule has 0 aliphatic heterocycles. The lowest BCUT2D eigenvalue weighted by Gasteiger charge is -2.56. The van der Waals surface area contributed by atoms with Gasteiger partial charge in [-0.05, 0) is 56.3 Å². The Morgan fingerprint density at radius 3 is 2.17 bits per heavy atom. The van der Waals surface area contributed by atoms with Gasteiger partial charge in [-0.25, -0.2) is 4.68 Å². The summed E-state index contributed by atoms with van der Waals surface area (Å²) in [6.07, 6.45) is 7.68. The van der Waals surface area contributed by atoms with Crippen molar-refractivity contribution >= 4 is 11.6 Å². The molecule has 0 N–H and O–H groups in total. The van der Waals surface area contributed by atoms with Crippen molar-refractivity contribution in [2.45, 2.75) is 44.1 Å². The molecule has 1 aromatic heterocycles. The van der Waals surface area contributed by atoms with Crippen LogP contribution in [0.5, 0.6) is 0 Å². The van der Waals surface area contributed by atoms with Crippen LogP contribution in [0.4, 0.5) is 0 Å². The van der Waals surface area contributed by atoms with Crippen LogP contribution in [0, 0.1) is 29.1 Å². The Labute approximate surface area is 111 Å². The summed E-state index contributed by atoms with van der Waals surface area (Å²) in [6, 6.07) is 2.02. The largest absolute Gasteiger partial charge is 0.226 e. The van der Waals surface area contributed by atoms with Gasteiger partial charge >= 0.3 is 0 Å². The molecule has 1 heterocycles. The summed E-state index contributed by atoms with van der Waals surface area (Å²) in [4.78, 5) is 0. The second-order valence-electron chi connectivity index (χ2n) is 6.39. The first-order valence-corrected chi connectivity index (χ1v) is 7.10. The van der Waals surface area contributed by atoms with Crippen molar-refractivity contribution in [1.82, 2.24) is 15.0 Å². The third kappa shape index (κ3) is 1.31. The number of halogens is 1. The third-order valence-corrected chi connectivity index (χ3v) is 5.52. The molecule has 18 heavy (non-hydrogen) atoms. The van der Waals surface area contributed by atoms with Gasteiger partial charge in [0.05, 0.1) is 5.54 Å². The fraction of sp³-hybridized carbons (Fsp3) is 0.769. The van der Waals surface area contributed by atoms with E-state index in [1.54, 1.807) is 0 Å². The van der Waals surface area contributed by atoms with E-state index in [-0.39, 0.29) is 11.2 Å². The van der Waals surface area contributed by atoms with Crippen molar-refractivity contribution in [3.8, 4) is 6.07 Å². The average Bonchev–Trinajstić information content (AvgIpc) is 2.69. The molecule has 4 aliphatic rings. The summed E-state index contributed by atoms with van der Waals surface area (Å²) in [5.41, 5.74) is 0.334. The van der Waals surface area contributed by atoms with Gasteiger partial charge in [-0.2, -0.15) is 5.26 Å². The minimum Gasteiger partial charge on any atom is -0.226 e. The molecule has 5 rings (SSSR count). The van der Waals surface area contributed by atoms with Gasteiger partial charge in [-0.15, -0.1) is 5.10 Å². The summed E-state index contributed by atoms with van der Waals surface area (Å²) in [6.45, 7) is 0. The summed E-state index contributed by atoms with van der Waals surface area (Å²) < 4.78 is 1.87. The number of hydrogen-bond donors (Lipinski definition) is 0. The minimum absolute atomic E-state index is 0.0634. The predicted molar refractivity (Wildman–Crippen MR) is 65.9 cm³/mol. The Morgan fingerprint density at radius 1 is 1.17 bits per heavy atom. The number of nitriles is 1. The molecule has 4 aliphatic carbocycles. The number of rotatable bonds is 1. The Hall–Kier alpha value is -1.08. The molecule has 1 aromatic rings. The van der Waals surface area contributed by atoms with Gasteiger partial charge < -0.3 is 0 Å². The maximum atomic E-state index is 8.96. The normalized spacial score (nSPS) is 41.0. The van der Waals surface area contributed by atoms with Gasteiger partial charge in [0, 0.05) is 0 Å². The van der Waals surface area contributed by atoms with E-state index in [0.717, 1.165) is 17.8 Å². The molecule has 0 aromatic carbocycles. The van der Waals surface area contributed by atoms with Gasteiger partial charge in [0.25, 0.3) is 0 Å². The number of hydrogen-bond acceptors (Lipinski definition) is 3. The molecule has 4 fully saturated rings. The fourth-order valence-electron chi connectivity index (χ4n) is 4.97. The summed E-state index contributed by atoms with van der Waals surface area (Å²) in [5.74, 6) is 2.51. The maximum Gasteiger partial charge on any atom is 0.201 e. The number of nitrogens with zero attached hydrogens (tertiary/aromatic N) is 4. The molecule has 0 atom stereocenters. The van der Waals surface area contributed by atoms with Crippen molar-refractivity contribution in [2.24, 2.45) is 17.8 Å². The lowest BCUT2D eigenvalue weighted by Crippen LogP contribution is -2.52. The standard InChI is InChI=1S/C13H15ClN4/c14-12-11(7-15)16-17-18(12)13-4-8-1-9(5-13)3-10(2-8)6-13/h8-10H,1-6H2. The van der Waals surface area contributed by atoms with Crippen LogP contribution >= 0.6 is 11.6 Å². The molecule has 0 unspecified atom stereocenters. The Bertz CT molecular complexity index is 506. The van der Waals surface area contributed by atoms with Crippen molar-refractivity contribution in [1.29, 1.82) is 5.26 Å². The molecule has 4 nitrogen and oxygen atoms in total. The molecule has 0 saturated heterocycles. The first kappa shape index (κ1) is 10.8. The zero-order valence-electron chi connectivity index (χ0n) is 10.1. The third-order valence-electron chi connectivity index (χ3n) is 5.18. The van der Waals surface area contributed by atoms with Gasteiger partial charge in [-0.1, -0.05) is 16.8 Å². The van der Waals surface area contributed by atoms with E-state index in [1.165, 1.54) is 38.5 Å². The van der Waals surface area contributed by atoms with Crippen LogP contribution < -0.4 is 0 Å². The minimum atomic E-state index is 0.0634. The zero-order chi connectivity index (χ0) is 12.3. The van der Waals surface area contributed by atoms with E-state index in [1.807, 2.05) is 10.8 Å². The zero-order valence-corrected chi connectivity index (χ0v) is 10.9. The van der Waals surface area contributed by atoms with E-state index in [9.17, 15) is 0 Å². The van der Waals surface area contributed by atoms with Crippen LogP contribution in [0.25, 0.3) is 0 Å². The highest BCUT2D eigenvalue weighted by molar-refractivity contribution is 6.30. The smallest absolute Gasteiger partial charge is 0.201 e. The van der Waals surface area contributed by atoms with Gasteiger partial charge in [0.15, 0.2) is 5.15 Å². The van der Waals surface area contributed by atoms with E-state index in [4.69, 9.17) is 16.9 Å². The van der Waals surface area contributed by atoms with Crippen LogP contribution in [0.15, 0.2) is 0 Å². The van der Waals surface area contributed by atoms with Crippen LogP contribution in [-0.4, -0.2) is 15.0 Å². The van der Waals surface area contributed by atoms with Crippen molar-refractivity contribution in [3.63, 3.8) is 0 Å². The van der Waals surface area contributed by atoms with Gasteiger partial charge in [0.2, 0.25) is 5.69 Å².